The highest BCUT2D eigenvalue weighted by Gasteiger charge is 2.23. The first-order valence-electron chi connectivity index (χ1n) is 7.65. The van der Waals surface area contributed by atoms with Crippen LogP contribution in [0.4, 0.5) is 5.82 Å². The number of aliphatic hydroxyl groups is 1. The predicted octanol–water partition coefficient (Wildman–Crippen LogP) is 1.46. The first-order chi connectivity index (χ1) is 11.2. The number of nitrogen functional groups attached to an aromatic ring is 1. The minimum atomic E-state index is -0.634. The number of nitrogens with zero attached hydrogens (tertiary/aromatic N) is 3. The van der Waals surface area contributed by atoms with Crippen molar-refractivity contribution in [2.75, 3.05) is 18.9 Å². The Bertz CT molecular complexity index is 890. The summed E-state index contributed by atoms with van der Waals surface area (Å²) in [7, 11) is 0. The molecule has 1 unspecified atom stereocenters. The van der Waals surface area contributed by atoms with Crippen molar-refractivity contribution in [3.8, 4) is 5.75 Å². The highest BCUT2D eigenvalue weighted by molar-refractivity contribution is 6.09. The van der Waals surface area contributed by atoms with Gasteiger partial charge in [0.2, 0.25) is 0 Å². The predicted molar refractivity (Wildman–Crippen MR) is 86.3 cm³/mol. The summed E-state index contributed by atoms with van der Waals surface area (Å²) in [5.74, 6) is 1.79. The third-order valence-electron chi connectivity index (χ3n) is 4.03. The molecule has 23 heavy (non-hydrogen) atoms. The minimum Gasteiger partial charge on any atom is -0.490 e. The standard InChI is InChI=1S/C16H18N4O3/c1-2-22-8-12-19-14-15-13-10(18-16(14)17)4-3-5-11(13)23-7-9(21)6-20(12)15/h3-5,9,21H,2,6-8H2,1H3,(H2,17,18). The second kappa shape index (κ2) is 5.36. The van der Waals surface area contributed by atoms with Crippen LogP contribution in [0.1, 0.15) is 12.7 Å². The number of hydrogen-bond donors (Lipinski definition) is 2. The Hall–Kier alpha value is -2.38. The van der Waals surface area contributed by atoms with Crippen molar-refractivity contribution in [2.24, 2.45) is 0 Å². The normalized spacial score (nSPS) is 17.4. The van der Waals surface area contributed by atoms with Crippen LogP contribution in [-0.4, -0.2) is 39.0 Å². The van der Waals surface area contributed by atoms with Gasteiger partial charge >= 0.3 is 0 Å². The molecule has 1 aliphatic heterocycles. The molecule has 0 saturated carbocycles. The number of imidazole rings is 1. The number of aromatic nitrogens is 3. The van der Waals surface area contributed by atoms with Gasteiger partial charge in [0.05, 0.1) is 23.0 Å². The fraction of sp³-hybridized carbons (Fsp3) is 0.375. The number of rotatable bonds is 3. The quantitative estimate of drug-likeness (QED) is 0.760. The lowest BCUT2D eigenvalue weighted by Crippen LogP contribution is -2.26. The lowest BCUT2D eigenvalue weighted by atomic mass is 10.1. The molecule has 1 aliphatic rings. The summed E-state index contributed by atoms with van der Waals surface area (Å²) in [6.07, 6.45) is -0.634. The maximum absolute atomic E-state index is 10.2. The van der Waals surface area contributed by atoms with E-state index in [9.17, 15) is 5.11 Å². The van der Waals surface area contributed by atoms with Gasteiger partial charge in [0.25, 0.3) is 0 Å². The molecule has 0 saturated heterocycles. The third kappa shape index (κ3) is 2.20. The molecule has 0 fully saturated rings. The lowest BCUT2D eigenvalue weighted by Gasteiger charge is -2.20. The van der Waals surface area contributed by atoms with Gasteiger partial charge in [0.1, 0.15) is 36.4 Å². The van der Waals surface area contributed by atoms with Gasteiger partial charge in [-0.15, -0.1) is 0 Å². The number of anilines is 1. The van der Waals surface area contributed by atoms with Crippen LogP contribution in [0.3, 0.4) is 0 Å². The van der Waals surface area contributed by atoms with Crippen molar-refractivity contribution >= 4 is 27.8 Å². The van der Waals surface area contributed by atoms with Crippen LogP contribution in [0.15, 0.2) is 18.2 Å². The van der Waals surface area contributed by atoms with Crippen molar-refractivity contribution in [1.29, 1.82) is 0 Å². The SMILES string of the molecule is CCOCc1nc2c(N)nc3cccc4c3c2n1CC(O)CO4. The van der Waals surface area contributed by atoms with Crippen molar-refractivity contribution in [2.45, 2.75) is 26.2 Å². The maximum atomic E-state index is 10.2. The molecule has 0 aliphatic carbocycles. The van der Waals surface area contributed by atoms with E-state index >= 15 is 0 Å². The topological polar surface area (TPSA) is 95.4 Å². The first-order valence-corrected chi connectivity index (χ1v) is 7.65. The Balaban J connectivity index is 2.10. The molecule has 3 aromatic rings. The summed E-state index contributed by atoms with van der Waals surface area (Å²) in [5.41, 5.74) is 8.32. The van der Waals surface area contributed by atoms with E-state index < -0.39 is 6.10 Å². The van der Waals surface area contributed by atoms with Gasteiger partial charge in [-0.2, -0.15) is 0 Å². The van der Waals surface area contributed by atoms with Crippen molar-refractivity contribution in [3.63, 3.8) is 0 Å². The zero-order chi connectivity index (χ0) is 16.0. The highest BCUT2D eigenvalue weighted by atomic mass is 16.5. The van der Waals surface area contributed by atoms with Crippen molar-refractivity contribution < 1.29 is 14.6 Å². The van der Waals surface area contributed by atoms with Crippen molar-refractivity contribution in [3.05, 3.63) is 24.0 Å². The molecule has 7 nitrogen and oxygen atoms in total. The van der Waals surface area contributed by atoms with Gasteiger partial charge < -0.3 is 24.9 Å². The Morgan fingerprint density at radius 2 is 2.30 bits per heavy atom. The average Bonchev–Trinajstić information content (AvgIpc) is 2.88. The number of ether oxygens (including phenoxy) is 2. The molecule has 1 aromatic carbocycles. The van der Waals surface area contributed by atoms with Crippen LogP contribution < -0.4 is 10.5 Å². The van der Waals surface area contributed by atoms with Crippen LogP contribution >= 0.6 is 0 Å². The summed E-state index contributed by atoms with van der Waals surface area (Å²) in [5, 5.41) is 11.1. The van der Waals surface area contributed by atoms with Crippen LogP contribution in [0.5, 0.6) is 5.75 Å². The second-order valence-corrected chi connectivity index (χ2v) is 5.59. The van der Waals surface area contributed by atoms with E-state index in [4.69, 9.17) is 15.2 Å². The van der Waals surface area contributed by atoms with Gasteiger partial charge in [0.15, 0.2) is 5.82 Å². The molecular weight excluding hydrogens is 296 g/mol. The number of hydrogen-bond acceptors (Lipinski definition) is 6. The summed E-state index contributed by atoms with van der Waals surface area (Å²) in [6, 6.07) is 5.64. The molecule has 0 amide bonds. The molecule has 2 aromatic heterocycles. The van der Waals surface area contributed by atoms with Gasteiger partial charge in [0, 0.05) is 6.61 Å². The van der Waals surface area contributed by atoms with Crippen molar-refractivity contribution in [1.82, 2.24) is 14.5 Å². The Morgan fingerprint density at radius 3 is 3.13 bits per heavy atom. The molecule has 0 spiro atoms. The molecule has 1 atom stereocenters. The van der Waals surface area contributed by atoms with E-state index in [-0.39, 0.29) is 6.61 Å². The number of pyridine rings is 1. The van der Waals surface area contributed by atoms with Gasteiger partial charge in [-0.3, -0.25) is 0 Å². The summed E-state index contributed by atoms with van der Waals surface area (Å²) >= 11 is 0. The average molecular weight is 314 g/mol. The molecule has 3 heterocycles. The molecular formula is C16H18N4O3. The van der Waals surface area contributed by atoms with Crippen LogP contribution in [0.2, 0.25) is 0 Å². The summed E-state index contributed by atoms with van der Waals surface area (Å²) in [4.78, 5) is 9.05. The fourth-order valence-electron chi connectivity index (χ4n) is 3.03. The Morgan fingerprint density at radius 1 is 1.43 bits per heavy atom. The smallest absolute Gasteiger partial charge is 0.152 e. The van der Waals surface area contributed by atoms with E-state index in [2.05, 4.69) is 9.97 Å². The van der Waals surface area contributed by atoms with E-state index in [1.165, 1.54) is 0 Å². The number of nitrogens with two attached hydrogens (primary N) is 1. The molecule has 4 rings (SSSR count). The van der Waals surface area contributed by atoms with Crippen LogP contribution in [0, 0.1) is 0 Å². The molecule has 7 heteroatoms. The van der Waals surface area contributed by atoms with Gasteiger partial charge in [-0.25, -0.2) is 9.97 Å². The molecule has 0 radical (unpaired) electrons. The molecule has 0 bridgehead atoms. The van der Waals surface area contributed by atoms with Gasteiger partial charge in [-0.1, -0.05) is 6.07 Å². The fourth-order valence-corrected chi connectivity index (χ4v) is 3.03. The Kier molecular flexibility index (Phi) is 3.32. The second-order valence-electron chi connectivity index (χ2n) is 5.59. The van der Waals surface area contributed by atoms with E-state index in [1.807, 2.05) is 29.7 Å². The summed E-state index contributed by atoms with van der Waals surface area (Å²) < 4.78 is 13.2. The Labute approximate surface area is 132 Å². The zero-order valence-electron chi connectivity index (χ0n) is 12.8. The number of benzene rings is 1. The summed E-state index contributed by atoms with van der Waals surface area (Å²) in [6.45, 7) is 3.49. The molecule has 120 valence electrons. The minimum absolute atomic E-state index is 0.219. The van der Waals surface area contributed by atoms with Crippen LogP contribution in [0.25, 0.3) is 21.9 Å². The van der Waals surface area contributed by atoms with E-state index in [0.29, 0.717) is 36.8 Å². The highest BCUT2D eigenvalue weighted by Crippen LogP contribution is 2.36. The zero-order valence-corrected chi connectivity index (χ0v) is 12.8. The maximum Gasteiger partial charge on any atom is 0.152 e. The number of aliphatic hydroxyl groups excluding tert-OH is 1. The van der Waals surface area contributed by atoms with Crippen LogP contribution in [-0.2, 0) is 17.9 Å². The largest absolute Gasteiger partial charge is 0.490 e. The van der Waals surface area contributed by atoms with Gasteiger partial charge in [-0.05, 0) is 19.1 Å². The van der Waals surface area contributed by atoms with E-state index in [1.54, 1.807) is 0 Å². The molecule has 3 N–H and O–H groups in total. The third-order valence-corrected chi connectivity index (χ3v) is 4.03. The monoisotopic (exact) mass is 314 g/mol. The first kappa shape index (κ1) is 14.2. The lowest BCUT2D eigenvalue weighted by molar-refractivity contribution is 0.0867. The van der Waals surface area contributed by atoms with E-state index in [0.717, 1.165) is 22.2 Å².